The molecule has 0 aliphatic carbocycles. The highest BCUT2D eigenvalue weighted by Gasteiger charge is 2.20. The van der Waals surface area contributed by atoms with Gasteiger partial charge in [-0.1, -0.05) is 0 Å². The molecule has 1 aromatic rings. The Hall–Kier alpha value is -1.51. The monoisotopic (exact) mass is 221 g/mol. The van der Waals surface area contributed by atoms with Crippen LogP contribution in [0.15, 0.2) is 12.1 Å². The molecule has 0 heterocycles. The number of rotatable bonds is 1. The first-order valence-electron chi connectivity index (χ1n) is 5.31. The molecule has 3 heteroatoms. The van der Waals surface area contributed by atoms with Crippen LogP contribution in [-0.2, 0) is 4.74 Å². The minimum Gasteiger partial charge on any atom is -0.456 e. The number of nitrogen functional groups attached to an aromatic ring is 1. The van der Waals surface area contributed by atoms with E-state index in [1.54, 1.807) is 6.07 Å². The predicted molar refractivity (Wildman–Crippen MR) is 65.5 cm³/mol. The van der Waals surface area contributed by atoms with Crippen LogP contribution in [0.1, 0.15) is 42.3 Å². The third-order valence-corrected chi connectivity index (χ3v) is 2.31. The fourth-order valence-electron chi connectivity index (χ4n) is 1.43. The van der Waals surface area contributed by atoms with E-state index in [0.717, 1.165) is 11.1 Å². The van der Waals surface area contributed by atoms with E-state index in [2.05, 4.69) is 0 Å². The highest BCUT2D eigenvalue weighted by atomic mass is 16.6. The molecule has 0 atom stereocenters. The van der Waals surface area contributed by atoms with E-state index in [-0.39, 0.29) is 5.97 Å². The van der Waals surface area contributed by atoms with Gasteiger partial charge in [-0.15, -0.1) is 0 Å². The largest absolute Gasteiger partial charge is 0.456 e. The molecule has 1 rings (SSSR count). The van der Waals surface area contributed by atoms with Gasteiger partial charge in [0, 0.05) is 5.69 Å². The van der Waals surface area contributed by atoms with E-state index in [9.17, 15) is 4.79 Å². The molecule has 2 N–H and O–H groups in total. The van der Waals surface area contributed by atoms with Crippen LogP contribution < -0.4 is 5.73 Å². The minimum absolute atomic E-state index is 0.319. The van der Waals surface area contributed by atoms with Crippen molar-refractivity contribution in [2.75, 3.05) is 5.73 Å². The summed E-state index contributed by atoms with van der Waals surface area (Å²) in [6.07, 6.45) is 0. The van der Waals surface area contributed by atoms with Crippen molar-refractivity contribution in [3.8, 4) is 0 Å². The van der Waals surface area contributed by atoms with Gasteiger partial charge in [-0.25, -0.2) is 4.79 Å². The third-order valence-electron chi connectivity index (χ3n) is 2.31. The SMILES string of the molecule is Cc1cc(N)cc(C(=O)OC(C)(C)C)c1C. The third kappa shape index (κ3) is 2.99. The zero-order chi connectivity index (χ0) is 12.5. The molecule has 3 nitrogen and oxygen atoms in total. The van der Waals surface area contributed by atoms with E-state index in [1.807, 2.05) is 40.7 Å². The molecule has 0 bridgehead atoms. The Bertz CT molecular complexity index is 417. The lowest BCUT2D eigenvalue weighted by Gasteiger charge is -2.20. The summed E-state index contributed by atoms with van der Waals surface area (Å²) in [4.78, 5) is 11.9. The van der Waals surface area contributed by atoms with Crippen LogP contribution in [0.2, 0.25) is 0 Å². The van der Waals surface area contributed by atoms with Gasteiger partial charge in [0.05, 0.1) is 5.56 Å². The van der Waals surface area contributed by atoms with Crippen molar-refractivity contribution in [1.29, 1.82) is 0 Å². The molecular weight excluding hydrogens is 202 g/mol. The number of carbonyl (C=O) groups is 1. The van der Waals surface area contributed by atoms with Crippen LogP contribution in [0.5, 0.6) is 0 Å². The van der Waals surface area contributed by atoms with Crippen LogP contribution in [0.3, 0.4) is 0 Å². The number of benzene rings is 1. The lowest BCUT2D eigenvalue weighted by atomic mass is 10.0. The number of ether oxygens (including phenoxy) is 1. The van der Waals surface area contributed by atoms with Crippen LogP contribution in [0, 0.1) is 13.8 Å². The summed E-state index contributed by atoms with van der Waals surface area (Å²) < 4.78 is 5.32. The topological polar surface area (TPSA) is 52.3 Å². The first kappa shape index (κ1) is 12.6. The van der Waals surface area contributed by atoms with Crippen LogP contribution in [-0.4, -0.2) is 11.6 Å². The highest BCUT2D eigenvalue weighted by molar-refractivity contribution is 5.92. The fourth-order valence-corrected chi connectivity index (χ4v) is 1.43. The number of esters is 1. The standard InChI is InChI=1S/C13H19NO2/c1-8-6-10(14)7-11(9(8)2)12(15)16-13(3,4)5/h6-7H,14H2,1-5H3. The maximum absolute atomic E-state index is 11.9. The van der Waals surface area contributed by atoms with Gasteiger partial charge >= 0.3 is 5.97 Å². The van der Waals surface area contributed by atoms with Crippen molar-refractivity contribution in [3.63, 3.8) is 0 Å². The lowest BCUT2D eigenvalue weighted by molar-refractivity contribution is 0.00687. The summed E-state index contributed by atoms with van der Waals surface area (Å²) in [6.45, 7) is 9.37. The van der Waals surface area contributed by atoms with Gasteiger partial charge in [-0.05, 0) is 57.9 Å². The fraction of sp³-hybridized carbons (Fsp3) is 0.462. The number of carbonyl (C=O) groups excluding carboxylic acids is 1. The molecule has 0 amide bonds. The van der Waals surface area contributed by atoms with Crippen molar-refractivity contribution in [2.45, 2.75) is 40.2 Å². The molecule has 0 radical (unpaired) electrons. The molecule has 0 aromatic heterocycles. The molecule has 88 valence electrons. The summed E-state index contributed by atoms with van der Waals surface area (Å²) in [5.74, 6) is -0.319. The molecule has 0 fully saturated rings. The van der Waals surface area contributed by atoms with Crippen LogP contribution >= 0.6 is 0 Å². The van der Waals surface area contributed by atoms with Crippen molar-refractivity contribution < 1.29 is 9.53 Å². The molecule has 1 aromatic carbocycles. The zero-order valence-corrected chi connectivity index (χ0v) is 10.5. The average Bonchev–Trinajstić information content (AvgIpc) is 2.08. The summed E-state index contributed by atoms with van der Waals surface area (Å²) in [5, 5.41) is 0. The Labute approximate surface area is 96.6 Å². The summed E-state index contributed by atoms with van der Waals surface area (Å²) in [6, 6.07) is 3.51. The minimum atomic E-state index is -0.484. The van der Waals surface area contributed by atoms with Crippen molar-refractivity contribution in [3.05, 3.63) is 28.8 Å². The zero-order valence-electron chi connectivity index (χ0n) is 10.5. The number of hydrogen-bond acceptors (Lipinski definition) is 3. The van der Waals surface area contributed by atoms with E-state index in [0.29, 0.717) is 11.3 Å². The summed E-state index contributed by atoms with van der Waals surface area (Å²) in [5.41, 5.74) is 8.29. The Morgan fingerprint density at radius 3 is 2.31 bits per heavy atom. The molecule has 0 saturated carbocycles. The molecule has 0 aliphatic rings. The second-order valence-electron chi connectivity index (χ2n) is 5.01. The number of anilines is 1. The van der Waals surface area contributed by atoms with Crippen molar-refractivity contribution in [1.82, 2.24) is 0 Å². The number of nitrogens with two attached hydrogens (primary N) is 1. The summed E-state index contributed by atoms with van der Waals surface area (Å²) in [7, 11) is 0. The molecule has 0 unspecified atom stereocenters. The molecule has 0 spiro atoms. The van der Waals surface area contributed by atoms with Gasteiger partial charge in [-0.3, -0.25) is 0 Å². The second-order valence-corrected chi connectivity index (χ2v) is 5.01. The molecule has 0 saturated heterocycles. The smallest absolute Gasteiger partial charge is 0.339 e. The van der Waals surface area contributed by atoms with Gasteiger partial charge in [-0.2, -0.15) is 0 Å². The van der Waals surface area contributed by atoms with Gasteiger partial charge in [0.25, 0.3) is 0 Å². The maximum atomic E-state index is 11.9. The normalized spacial score (nSPS) is 11.3. The number of hydrogen-bond donors (Lipinski definition) is 1. The second kappa shape index (κ2) is 4.16. The van der Waals surface area contributed by atoms with E-state index in [1.165, 1.54) is 0 Å². The van der Waals surface area contributed by atoms with Crippen LogP contribution in [0.4, 0.5) is 5.69 Å². The Balaban J connectivity index is 3.09. The highest BCUT2D eigenvalue weighted by Crippen LogP contribution is 2.20. The first-order chi connectivity index (χ1) is 7.20. The Kier molecular flexibility index (Phi) is 3.27. The first-order valence-corrected chi connectivity index (χ1v) is 5.31. The molecule has 0 aliphatic heterocycles. The molecule has 16 heavy (non-hydrogen) atoms. The average molecular weight is 221 g/mol. The van der Waals surface area contributed by atoms with Crippen molar-refractivity contribution >= 4 is 11.7 Å². The lowest BCUT2D eigenvalue weighted by Crippen LogP contribution is -2.24. The quantitative estimate of drug-likeness (QED) is 0.586. The van der Waals surface area contributed by atoms with Crippen LogP contribution in [0.25, 0.3) is 0 Å². The van der Waals surface area contributed by atoms with Gasteiger partial charge in [0.15, 0.2) is 0 Å². The van der Waals surface area contributed by atoms with Gasteiger partial charge in [0.2, 0.25) is 0 Å². The Morgan fingerprint density at radius 2 is 1.81 bits per heavy atom. The predicted octanol–water partition coefficient (Wildman–Crippen LogP) is 2.84. The van der Waals surface area contributed by atoms with Gasteiger partial charge < -0.3 is 10.5 Å². The van der Waals surface area contributed by atoms with E-state index in [4.69, 9.17) is 10.5 Å². The van der Waals surface area contributed by atoms with Crippen molar-refractivity contribution in [2.24, 2.45) is 0 Å². The summed E-state index contributed by atoms with van der Waals surface area (Å²) >= 11 is 0. The van der Waals surface area contributed by atoms with E-state index < -0.39 is 5.60 Å². The Morgan fingerprint density at radius 1 is 1.25 bits per heavy atom. The molecular formula is C13H19NO2. The maximum Gasteiger partial charge on any atom is 0.339 e. The number of aryl methyl sites for hydroxylation is 1. The van der Waals surface area contributed by atoms with E-state index >= 15 is 0 Å². The van der Waals surface area contributed by atoms with Gasteiger partial charge in [0.1, 0.15) is 5.60 Å².